The van der Waals surface area contributed by atoms with Gasteiger partial charge in [-0.3, -0.25) is 0 Å². The van der Waals surface area contributed by atoms with Crippen molar-refractivity contribution in [1.29, 1.82) is 0 Å². The molecule has 2 fully saturated rings. The number of aromatic nitrogens is 8. The number of benzene rings is 10. The maximum atomic E-state index is 4.90. The van der Waals surface area contributed by atoms with Crippen LogP contribution in [0.1, 0.15) is 113 Å². The summed E-state index contributed by atoms with van der Waals surface area (Å²) in [5.74, 6) is 32.6. The predicted octanol–water partition coefficient (Wildman–Crippen LogP) is 31.6. The van der Waals surface area contributed by atoms with Crippen LogP contribution in [-0.2, 0) is 93.3 Å². The van der Waals surface area contributed by atoms with E-state index < -0.39 is 53.1 Å². The molecule has 18 aromatic rings. The molecular weight excluding hydrogens is 2730 g/mol. The Kier molecular flexibility index (Phi) is 49.8. The Morgan fingerprint density at radius 2 is 0.459 bits per heavy atom. The van der Waals surface area contributed by atoms with E-state index in [9.17, 15) is 0 Å². The van der Waals surface area contributed by atoms with Crippen LogP contribution in [0.2, 0.25) is 69.1 Å². The molecule has 4 radical (unpaired) electrons. The van der Waals surface area contributed by atoms with Crippen LogP contribution in [-0.4, -0.2) is 92.9 Å². The Morgan fingerprint density at radius 1 is 0.226 bits per heavy atom. The third-order valence-corrected chi connectivity index (χ3v) is 42.2. The van der Waals surface area contributed by atoms with Crippen molar-refractivity contribution < 1.29 is 80.4 Å². The van der Waals surface area contributed by atoms with Gasteiger partial charge in [-0.25, -0.2) is 0 Å². The van der Waals surface area contributed by atoms with Crippen LogP contribution in [0, 0.1) is 60.4 Å². The van der Waals surface area contributed by atoms with Crippen LogP contribution in [0.5, 0.6) is 0 Å². The molecule has 2 aliphatic rings. The van der Waals surface area contributed by atoms with Crippen molar-refractivity contribution in [1.82, 2.24) is 39.9 Å². The predicted molar refractivity (Wildman–Crippen MR) is 610 cm³/mol. The summed E-state index contributed by atoms with van der Waals surface area (Å²) in [6.07, 6.45) is 28.9. The summed E-state index contributed by atoms with van der Waals surface area (Å²) in [4.78, 5) is 36.0. The van der Waals surface area contributed by atoms with Crippen molar-refractivity contribution in [2.45, 2.75) is 173 Å². The summed E-state index contributed by atoms with van der Waals surface area (Å²) >= 11 is -7.75. The van der Waals surface area contributed by atoms with Crippen LogP contribution in [0.25, 0.3) is 112 Å². The van der Waals surface area contributed by atoms with Gasteiger partial charge in [-0.05, 0) is 47.0 Å². The third kappa shape index (κ3) is 37.4. The maximum absolute atomic E-state index is 4.90. The number of rotatable bonds is 20. The summed E-state index contributed by atoms with van der Waals surface area (Å²) in [7, 11) is 0. The molecule has 0 spiro atoms. The Labute approximate surface area is 937 Å². The van der Waals surface area contributed by atoms with E-state index >= 15 is 0 Å². The Morgan fingerprint density at radius 3 is 0.699 bits per heavy atom. The zero-order valence-electron chi connectivity index (χ0n) is 87.2. The van der Waals surface area contributed by atoms with Crippen LogP contribution >= 0.6 is 0 Å². The molecule has 0 atom stereocenters. The zero-order valence-corrected chi connectivity index (χ0v) is 105. The van der Waals surface area contributed by atoms with Crippen molar-refractivity contribution in [2.24, 2.45) is 11.8 Å². The number of hydrogen-bond donors (Lipinski definition) is 0. The summed E-state index contributed by atoms with van der Waals surface area (Å²) in [6.45, 7) is 9.12. The molecule has 2 saturated carbocycles. The van der Waals surface area contributed by atoms with E-state index in [4.69, 9.17) is 15.0 Å². The minimum absolute atomic E-state index is 0. The van der Waals surface area contributed by atoms with Gasteiger partial charge in [0, 0.05) is 105 Å². The van der Waals surface area contributed by atoms with Crippen LogP contribution in [0.15, 0.2) is 389 Å². The smallest absolute Gasteiger partial charge is 0.0160 e. The Balaban J connectivity index is 0.000000189. The maximum Gasteiger partial charge on any atom is 0.0160 e. The molecule has 10 aromatic carbocycles. The molecule has 756 valence electrons. The summed E-state index contributed by atoms with van der Waals surface area (Å²) in [5, 5.41) is 0. The van der Waals surface area contributed by atoms with Crippen molar-refractivity contribution in [2.75, 3.05) is 0 Å². The van der Waals surface area contributed by atoms with Gasteiger partial charge in [-0.2, -0.15) is 0 Å². The molecule has 0 aliphatic heterocycles. The van der Waals surface area contributed by atoms with E-state index in [1.54, 1.807) is 53.5 Å². The number of pyridine rings is 8. The van der Waals surface area contributed by atoms with Crippen LogP contribution < -0.4 is 17.6 Å². The Hall–Kier alpha value is -9.83. The van der Waals surface area contributed by atoms with E-state index in [-0.39, 0.29) is 80.4 Å². The zero-order chi connectivity index (χ0) is 100. The van der Waals surface area contributed by atoms with Crippen molar-refractivity contribution in [3.05, 3.63) is 460 Å². The quantitative estimate of drug-likeness (QED) is 0.0549. The minimum atomic E-state index is -1.99. The SMILES string of the molecule is CC(C)Cc1cnc(-c2[c-]ccc(-c3ccccc3)c2)c[c]1[Ge]([CH3])([CH3])[CH3].CC(C)Cc1cnc(-c2[c-]cccc2)c[c]1[Ge]([CH3])([CH3])[CH3].[CH3][Ge]([CH3])([CH3])[c]1cc(-c2[c-]ccc(-c3ccccc3)c2)ncc1C1CCCC1.[CH3][Ge]([CH3])([CH3])[c]1cc(-c2[c-]cccc2)ncc1C1CCCC1.[Ir].[Ir].[Ir].[Ir].[c-]1ccccc1-c1ccccn1.[c-]1ccccc1-c1ccccn1.[c-]1ccccc1-c1ccccn1.[c-]1ccccc1-c1ccccn1. The summed E-state index contributed by atoms with van der Waals surface area (Å²) in [5.41, 5.74) is 27.6. The van der Waals surface area contributed by atoms with Crippen molar-refractivity contribution in [3.8, 4) is 112 Å². The normalized spacial score (nSPS) is 12.1. The molecule has 8 aromatic heterocycles. The first-order valence-electron chi connectivity index (χ1n) is 50.3. The first-order valence-corrected chi connectivity index (χ1v) is 79.7. The van der Waals surface area contributed by atoms with Gasteiger partial charge in [0.25, 0.3) is 0 Å². The second-order valence-corrected chi connectivity index (χ2v) is 83.4. The standard InChI is InChI=1S/C25H28GeN.C24H28GeN.C19H24GeN.C18H24GeN.4C11H8N.4Ir/c1-26(2,3)24-17-25(27-18-23(24)20-12-7-8-13-20)22-15-9-14-21(16-22)19-10-5-4-6-11-19;1-18(2)14-22-17-26-24(16-23(22)25(3,4)5)21-13-9-12-20(15-21)19-10-7-6-8-11-19;1-20(2,3)18-13-19(16-11-5-4-6-12-16)21-14-17(18)15-9-7-8-10-15;1-14(2)11-16-13-20-18(12-17(16)19(3,4)5)15-9-7-6-8-10-15;4*1-2-6-10(7-3-1)11-8-4-5-9-12-11;;;;/h4-6,9-11,14,16-18,20H,7-8,12-13H2,1-3H3;6-12,15-18H,14H2,1-5H3;4-6,11,13-15H,7-10H2,1-3H3;6-9,12-14H,11H2,1-5H3;4*1-6,8-9H;;;;/q8*-1;;;;. The van der Waals surface area contributed by atoms with Gasteiger partial charge < -0.3 is 19.9 Å². The minimum Gasteiger partial charge on any atom is -0.305 e. The molecule has 20 rings (SSSR count). The summed E-state index contributed by atoms with van der Waals surface area (Å²) < 4.78 is 6.43. The van der Waals surface area contributed by atoms with Gasteiger partial charge >= 0.3 is 584 Å². The second-order valence-electron chi connectivity index (χ2n) is 41.2. The van der Waals surface area contributed by atoms with Gasteiger partial charge in [-0.15, -0.1) is 144 Å². The molecule has 0 unspecified atom stereocenters. The van der Waals surface area contributed by atoms with E-state index in [2.05, 4.69) is 322 Å². The van der Waals surface area contributed by atoms with Crippen LogP contribution in [0.4, 0.5) is 0 Å². The Bertz CT molecular complexity index is 6330. The molecule has 0 N–H and O–H groups in total. The average Bonchev–Trinajstić information content (AvgIpc) is 0.864. The molecular formula is C130H136Ge4Ir4N8-8. The first-order chi connectivity index (χ1) is 68.7. The largest absolute Gasteiger partial charge is 0.305 e. The van der Waals surface area contributed by atoms with E-state index in [0.717, 1.165) is 115 Å². The fraction of sp³-hybridized carbons (Fsp3) is 0.231. The van der Waals surface area contributed by atoms with Crippen LogP contribution in [0.3, 0.4) is 0 Å². The van der Waals surface area contributed by atoms with Gasteiger partial charge in [0.1, 0.15) is 0 Å². The van der Waals surface area contributed by atoms with Gasteiger partial charge in [-0.1, -0.05) is 48.5 Å². The van der Waals surface area contributed by atoms with Crippen molar-refractivity contribution in [3.63, 3.8) is 0 Å². The average molecular weight is 2870 g/mol. The van der Waals surface area contributed by atoms with Gasteiger partial charge in [0.05, 0.1) is 0 Å². The summed E-state index contributed by atoms with van der Waals surface area (Å²) in [6, 6.07) is 140. The number of nitrogens with zero attached hydrogens (tertiary/aromatic N) is 8. The molecule has 16 heteroatoms. The molecule has 8 nitrogen and oxygen atoms in total. The number of hydrogen-bond acceptors (Lipinski definition) is 8. The fourth-order valence-corrected chi connectivity index (χ4v) is 32.1. The fourth-order valence-electron chi connectivity index (χ4n) is 17.8. The molecule has 146 heavy (non-hydrogen) atoms. The monoisotopic (exact) mass is 2880 g/mol. The molecule has 0 bridgehead atoms. The molecule has 0 saturated heterocycles. The third-order valence-electron chi connectivity index (χ3n) is 24.9. The molecule has 0 amide bonds. The first kappa shape index (κ1) is 120. The second kappa shape index (κ2) is 60.7. The van der Waals surface area contributed by atoms with E-state index in [1.165, 1.54) is 84.7 Å². The molecule has 2 aliphatic carbocycles. The van der Waals surface area contributed by atoms with Gasteiger partial charge in [0.15, 0.2) is 0 Å². The molecule has 8 heterocycles. The van der Waals surface area contributed by atoms with E-state index in [1.807, 2.05) is 212 Å². The van der Waals surface area contributed by atoms with Gasteiger partial charge in [0.2, 0.25) is 0 Å². The van der Waals surface area contributed by atoms with Crippen molar-refractivity contribution >= 4 is 70.6 Å². The topological polar surface area (TPSA) is 103 Å². The van der Waals surface area contributed by atoms with E-state index in [0.29, 0.717) is 11.8 Å².